The normalized spacial score (nSPS) is 20.5. The largest absolute Gasteiger partial charge is 0.506 e. The summed E-state index contributed by atoms with van der Waals surface area (Å²) in [4.78, 5) is 12.4. The van der Waals surface area contributed by atoms with E-state index in [9.17, 15) is 9.90 Å². The van der Waals surface area contributed by atoms with Crippen LogP contribution in [-0.4, -0.2) is 16.1 Å². The minimum absolute atomic E-state index is 0.00660. The summed E-state index contributed by atoms with van der Waals surface area (Å²) in [5, 5.41) is 21.8. The molecule has 3 N–H and O–H groups in total. The molecule has 1 saturated carbocycles. The Kier molecular flexibility index (Phi) is 5.16. The Morgan fingerprint density at radius 1 is 1.04 bits per heavy atom. The lowest BCUT2D eigenvalue weighted by Crippen LogP contribution is -2.26. The monoisotopic (exact) mass is 325 g/mol. The van der Waals surface area contributed by atoms with E-state index in [1.165, 1.54) is 11.6 Å². The van der Waals surface area contributed by atoms with Crippen molar-refractivity contribution in [1.82, 2.24) is 0 Å². The van der Waals surface area contributed by atoms with Crippen LogP contribution in [0.2, 0.25) is 0 Å². The number of benzene rings is 2. The summed E-state index contributed by atoms with van der Waals surface area (Å²) < 4.78 is 0. The fourth-order valence-corrected chi connectivity index (χ4v) is 3.43. The fraction of sp³-hybridized carbons (Fsp3) is 0.350. The van der Waals surface area contributed by atoms with Crippen LogP contribution >= 0.6 is 0 Å². The first-order chi connectivity index (χ1) is 11.7. The molecule has 1 amide bonds. The number of anilines is 1. The van der Waals surface area contributed by atoms with Crippen LogP contribution in [0.25, 0.3) is 0 Å². The molecule has 1 aliphatic carbocycles. The topological polar surface area (TPSA) is 69.6 Å². The molecule has 24 heavy (non-hydrogen) atoms. The van der Waals surface area contributed by atoms with Gasteiger partial charge >= 0.3 is 0 Å². The Hall–Kier alpha value is -2.33. The molecular formula is C20H23NO3. The number of rotatable bonds is 4. The van der Waals surface area contributed by atoms with Crippen molar-refractivity contribution in [3.63, 3.8) is 0 Å². The summed E-state index contributed by atoms with van der Waals surface area (Å²) in [6.45, 7) is -0.134. The second-order valence-corrected chi connectivity index (χ2v) is 6.46. The average molecular weight is 325 g/mol. The van der Waals surface area contributed by atoms with Crippen molar-refractivity contribution < 1.29 is 15.0 Å². The van der Waals surface area contributed by atoms with Crippen molar-refractivity contribution in [2.24, 2.45) is 5.92 Å². The lowest BCUT2D eigenvalue weighted by atomic mass is 9.78. The van der Waals surface area contributed by atoms with Crippen molar-refractivity contribution >= 4 is 11.6 Å². The Labute approximate surface area is 142 Å². The van der Waals surface area contributed by atoms with Gasteiger partial charge in [-0.25, -0.2) is 0 Å². The van der Waals surface area contributed by atoms with Crippen molar-refractivity contribution in [3.05, 3.63) is 59.7 Å². The van der Waals surface area contributed by atoms with Gasteiger partial charge in [0.05, 0.1) is 12.3 Å². The van der Waals surface area contributed by atoms with Crippen molar-refractivity contribution in [2.45, 2.75) is 38.2 Å². The maximum atomic E-state index is 12.4. The first kappa shape index (κ1) is 16.5. The van der Waals surface area contributed by atoms with Crippen LogP contribution in [0.15, 0.2) is 48.5 Å². The van der Waals surface area contributed by atoms with E-state index in [2.05, 4.69) is 29.6 Å². The number of carbonyl (C=O) groups excluding carboxylic acids is 1. The third kappa shape index (κ3) is 3.77. The van der Waals surface area contributed by atoms with Gasteiger partial charge in [0.15, 0.2) is 0 Å². The van der Waals surface area contributed by atoms with E-state index in [1.807, 2.05) is 6.07 Å². The first-order valence-corrected chi connectivity index (χ1v) is 8.46. The predicted molar refractivity (Wildman–Crippen MR) is 93.8 cm³/mol. The van der Waals surface area contributed by atoms with Crippen molar-refractivity contribution in [1.29, 1.82) is 0 Å². The molecule has 0 spiro atoms. The molecule has 0 saturated heterocycles. The Bertz CT molecular complexity index is 691. The van der Waals surface area contributed by atoms with E-state index in [0.717, 1.165) is 25.7 Å². The Morgan fingerprint density at radius 2 is 1.75 bits per heavy atom. The van der Waals surface area contributed by atoms with Crippen LogP contribution in [0, 0.1) is 5.92 Å². The molecule has 0 aliphatic heterocycles. The minimum Gasteiger partial charge on any atom is -0.506 e. The summed E-state index contributed by atoms with van der Waals surface area (Å²) in [6.07, 6.45) is 3.75. The van der Waals surface area contributed by atoms with Crippen LogP contribution in [0.1, 0.15) is 42.7 Å². The first-order valence-electron chi connectivity index (χ1n) is 8.46. The fourth-order valence-electron chi connectivity index (χ4n) is 3.43. The maximum absolute atomic E-state index is 12.4. The number of nitrogens with one attached hydrogen (secondary N) is 1. The summed E-state index contributed by atoms with van der Waals surface area (Å²) in [6, 6.07) is 15.3. The van der Waals surface area contributed by atoms with Crippen LogP contribution in [0.5, 0.6) is 5.75 Å². The van der Waals surface area contributed by atoms with Gasteiger partial charge in [-0.3, -0.25) is 4.79 Å². The van der Waals surface area contributed by atoms with Crippen LogP contribution in [0.3, 0.4) is 0 Å². The van der Waals surface area contributed by atoms with Crippen LogP contribution in [-0.2, 0) is 11.4 Å². The van der Waals surface area contributed by atoms with Gasteiger partial charge in [-0.1, -0.05) is 36.4 Å². The van der Waals surface area contributed by atoms with Gasteiger partial charge < -0.3 is 15.5 Å². The summed E-state index contributed by atoms with van der Waals surface area (Å²) >= 11 is 0. The Morgan fingerprint density at radius 3 is 2.38 bits per heavy atom. The van der Waals surface area contributed by atoms with Gasteiger partial charge in [0, 0.05) is 5.92 Å². The number of phenols is 1. The molecule has 3 rings (SSSR count). The van der Waals surface area contributed by atoms with Crippen molar-refractivity contribution in [2.75, 3.05) is 5.32 Å². The highest BCUT2D eigenvalue weighted by Crippen LogP contribution is 2.36. The van der Waals surface area contributed by atoms with E-state index in [0.29, 0.717) is 17.2 Å². The van der Waals surface area contributed by atoms with Gasteiger partial charge in [0.25, 0.3) is 0 Å². The zero-order valence-electron chi connectivity index (χ0n) is 13.6. The third-order valence-corrected chi connectivity index (χ3v) is 4.87. The number of amides is 1. The van der Waals surface area contributed by atoms with E-state index in [4.69, 9.17) is 5.11 Å². The highest BCUT2D eigenvalue weighted by molar-refractivity contribution is 5.94. The number of aliphatic hydroxyl groups excluding tert-OH is 1. The molecule has 0 aromatic heterocycles. The lowest BCUT2D eigenvalue weighted by Gasteiger charge is -2.28. The molecule has 126 valence electrons. The van der Waals surface area contributed by atoms with Gasteiger partial charge in [-0.15, -0.1) is 0 Å². The SMILES string of the molecule is O=C(Nc1ccc(CO)cc1O)C1CCC(c2ccccc2)CC1. The molecule has 0 atom stereocenters. The molecule has 0 radical (unpaired) electrons. The second-order valence-electron chi connectivity index (χ2n) is 6.46. The summed E-state index contributed by atoms with van der Waals surface area (Å²) in [7, 11) is 0. The standard InChI is InChI=1S/C20H23NO3/c22-13-14-6-11-18(19(23)12-14)21-20(24)17-9-7-16(8-10-17)15-4-2-1-3-5-15/h1-6,11-12,16-17,22-23H,7-10,13H2,(H,21,24). The average Bonchev–Trinajstić information content (AvgIpc) is 2.64. The number of aromatic hydroxyl groups is 1. The van der Waals surface area contributed by atoms with E-state index >= 15 is 0 Å². The smallest absolute Gasteiger partial charge is 0.227 e. The number of carbonyl (C=O) groups is 1. The van der Waals surface area contributed by atoms with E-state index in [-0.39, 0.29) is 24.2 Å². The van der Waals surface area contributed by atoms with E-state index < -0.39 is 0 Å². The number of aliphatic hydroxyl groups is 1. The highest BCUT2D eigenvalue weighted by Gasteiger charge is 2.27. The molecule has 0 unspecified atom stereocenters. The van der Waals surface area contributed by atoms with Crippen LogP contribution in [0.4, 0.5) is 5.69 Å². The van der Waals surface area contributed by atoms with Crippen LogP contribution < -0.4 is 5.32 Å². The van der Waals surface area contributed by atoms with Gasteiger partial charge in [0.2, 0.25) is 5.91 Å². The second kappa shape index (κ2) is 7.49. The van der Waals surface area contributed by atoms with Gasteiger partial charge in [0.1, 0.15) is 5.75 Å². The molecule has 0 bridgehead atoms. The third-order valence-electron chi connectivity index (χ3n) is 4.87. The molecule has 2 aromatic carbocycles. The number of hydrogen-bond donors (Lipinski definition) is 3. The molecule has 1 aliphatic rings. The molecule has 4 heteroatoms. The van der Waals surface area contributed by atoms with E-state index in [1.54, 1.807) is 12.1 Å². The molecule has 0 heterocycles. The maximum Gasteiger partial charge on any atom is 0.227 e. The number of phenolic OH excluding ortho intramolecular Hbond substituents is 1. The van der Waals surface area contributed by atoms with Gasteiger partial charge in [-0.2, -0.15) is 0 Å². The van der Waals surface area contributed by atoms with Crippen molar-refractivity contribution in [3.8, 4) is 5.75 Å². The summed E-state index contributed by atoms with van der Waals surface area (Å²) in [5.74, 6) is 0.482. The zero-order chi connectivity index (χ0) is 16.9. The minimum atomic E-state index is -0.134. The Balaban J connectivity index is 1.57. The zero-order valence-corrected chi connectivity index (χ0v) is 13.6. The quantitative estimate of drug-likeness (QED) is 0.749. The summed E-state index contributed by atoms with van der Waals surface area (Å²) in [5.41, 5.74) is 2.38. The number of hydrogen-bond acceptors (Lipinski definition) is 3. The molecule has 2 aromatic rings. The molecular weight excluding hydrogens is 302 g/mol. The predicted octanol–water partition coefficient (Wildman–Crippen LogP) is 3.80. The molecule has 1 fully saturated rings. The lowest BCUT2D eigenvalue weighted by molar-refractivity contribution is -0.120. The highest BCUT2D eigenvalue weighted by atomic mass is 16.3. The van der Waals surface area contributed by atoms with Gasteiger partial charge in [-0.05, 0) is 54.9 Å². The molecule has 4 nitrogen and oxygen atoms in total.